The van der Waals surface area contributed by atoms with Gasteiger partial charge >= 0.3 is 0 Å². The van der Waals surface area contributed by atoms with Crippen molar-refractivity contribution in [3.8, 4) is 5.75 Å². The average Bonchev–Trinajstić information content (AvgIpc) is 2.11. The van der Waals surface area contributed by atoms with Gasteiger partial charge in [0, 0.05) is 27.1 Å². The molecule has 0 unspecified atom stereocenters. The van der Waals surface area contributed by atoms with Crippen molar-refractivity contribution in [3.63, 3.8) is 0 Å². The lowest BCUT2D eigenvalue weighted by Crippen LogP contribution is -2.45. The molecule has 1 N–H and O–H groups in total. The smallest absolute Gasteiger partial charge is 0.139 e. The predicted molar refractivity (Wildman–Crippen MR) is 73.7 cm³/mol. The van der Waals surface area contributed by atoms with Gasteiger partial charge in [-0.2, -0.15) is 0 Å². The maximum Gasteiger partial charge on any atom is 0.139 e. The Hall–Kier alpha value is 0.480. The first-order valence-electron chi connectivity index (χ1n) is 4.65. The lowest BCUT2D eigenvalue weighted by atomic mass is 10.1. The van der Waals surface area contributed by atoms with Gasteiger partial charge in [0.05, 0.1) is 11.6 Å². The molecule has 2 rings (SSSR count). The number of nitrogens with one attached hydrogen (secondary N) is 1. The van der Waals surface area contributed by atoms with Gasteiger partial charge in [-0.3, -0.25) is 0 Å². The fourth-order valence-corrected chi connectivity index (χ4v) is 2.42. The molecule has 15 heavy (non-hydrogen) atoms. The highest BCUT2D eigenvalue weighted by Crippen LogP contribution is 2.32. The van der Waals surface area contributed by atoms with Crippen LogP contribution < -0.4 is 10.1 Å². The topological polar surface area (TPSA) is 21.3 Å². The van der Waals surface area contributed by atoms with Gasteiger partial charge in [0.2, 0.25) is 0 Å². The molecule has 82 valence electrons. The molecule has 2 nitrogen and oxygen atoms in total. The van der Waals surface area contributed by atoms with E-state index in [0.717, 1.165) is 33.5 Å². The van der Waals surface area contributed by atoms with Crippen molar-refractivity contribution < 1.29 is 4.74 Å². The molecule has 0 aromatic heterocycles. The van der Waals surface area contributed by atoms with Crippen LogP contribution in [0.4, 0.5) is 0 Å². The number of hydrogen-bond donors (Lipinski definition) is 1. The second-order valence-electron chi connectivity index (χ2n) is 3.53. The molecule has 0 atom stereocenters. The molecule has 0 aliphatic carbocycles. The summed E-state index contributed by atoms with van der Waals surface area (Å²) in [5.41, 5.74) is 0. The van der Waals surface area contributed by atoms with E-state index in [2.05, 4.69) is 43.8 Å². The average molecular weight is 402 g/mol. The summed E-state index contributed by atoms with van der Waals surface area (Å²) in [7, 11) is 0. The molecular formula is C10H10BrClINO. The minimum atomic E-state index is 0.627. The van der Waals surface area contributed by atoms with Crippen molar-refractivity contribution in [2.45, 2.75) is 0 Å². The summed E-state index contributed by atoms with van der Waals surface area (Å²) in [5.74, 6) is 1.40. The Labute approximate surface area is 116 Å². The molecule has 1 saturated heterocycles. The molecule has 0 bridgehead atoms. The summed E-state index contributed by atoms with van der Waals surface area (Å²) in [5, 5.41) is 3.87. The van der Waals surface area contributed by atoms with E-state index in [0.29, 0.717) is 10.9 Å². The van der Waals surface area contributed by atoms with Crippen LogP contribution >= 0.6 is 50.1 Å². The van der Waals surface area contributed by atoms with E-state index in [9.17, 15) is 0 Å². The second-order valence-corrected chi connectivity index (χ2v) is 5.96. The van der Waals surface area contributed by atoms with Gasteiger partial charge in [0.1, 0.15) is 5.75 Å². The van der Waals surface area contributed by atoms with Crippen LogP contribution in [0.1, 0.15) is 0 Å². The van der Waals surface area contributed by atoms with E-state index in [1.807, 2.05) is 12.1 Å². The minimum absolute atomic E-state index is 0.627. The first-order chi connectivity index (χ1) is 7.16. The molecule has 1 fully saturated rings. The van der Waals surface area contributed by atoms with E-state index in [4.69, 9.17) is 16.3 Å². The van der Waals surface area contributed by atoms with E-state index >= 15 is 0 Å². The van der Waals surface area contributed by atoms with Gasteiger partial charge < -0.3 is 10.1 Å². The minimum Gasteiger partial charge on any atom is -0.492 e. The molecule has 0 spiro atoms. The van der Waals surface area contributed by atoms with E-state index < -0.39 is 0 Å². The van der Waals surface area contributed by atoms with E-state index in [-0.39, 0.29) is 0 Å². The van der Waals surface area contributed by atoms with Gasteiger partial charge in [0.25, 0.3) is 0 Å². The van der Waals surface area contributed by atoms with Gasteiger partial charge in [-0.05, 0) is 50.7 Å². The monoisotopic (exact) mass is 401 g/mol. The Morgan fingerprint density at radius 3 is 2.87 bits per heavy atom. The van der Waals surface area contributed by atoms with Crippen LogP contribution in [0.15, 0.2) is 16.6 Å². The van der Waals surface area contributed by atoms with Crippen molar-refractivity contribution in [2.75, 3.05) is 19.7 Å². The first kappa shape index (κ1) is 12.0. The van der Waals surface area contributed by atoms with Crippen LogP contribution in [0.5, 0.6) is 5.75 Å². The Morgan fingerprint density at radius 1 is 1.53 bits per heavy atom. The maximum atomic E-state index is 6.07. The summed E-state index contributed by atoms with van der Waals surface area (Å²) in [6.07, 6.45) is 0. The van der Waals surface area contributed by atoms with Crippen LogP contribution in [0.25, 0.3) is 0 Å². The number of hydrogen-bond acceptors (Lipinski definition) is 2. The van der Waals surface area contributed by atoms with Gasteiger partial charge in [-0.25, -0.2) is 0 Å². The highest BCUT2D eigenvalue weighted by atomic mass is 127. The molecule has 1 aliphatic heterocycles. The van der Waals surface area contributed by atoms with Crippen molar-refractivity contribution >= 4 is 50.1 Å². The van der Waals surface area contributed by atoms with Crippen molar-refractivity contribution in [2.24, 2.45) is 5.92 Å². The normalized spacial score (nSPS) is 16.2. The van der Waals surface area contributed by atoms with Gasteiger partial charge in [0.15, 0.2) is 0 Å². The zero-order valence-electron chi connectivity index (χ0n) is 7.90. The molecular weight excluding hydrogens is 392 g/mol. The summed E-state index contributed by atoms with van der Waals surface area (Å²) in [6.45, 7) is 2.83. The van der Waals surface area contributed by atoms with Gasteiger partial charge in [-0.1, -0.05) is 11.6 Å². The van der Waals surface area contributed by atoms with Crippen molar-refractivity contribution in [3.05, 3.63) is 25.2 Å². The van der Waals surface area contributed by atoms with Crippen molar-refractivity contribution in [1.82, 2.24) is 5.32 Å². The first-order valence-corrected chi connectivity index (χ1v) is 6.90. The fourth-order valence-electron chi connectivity index (χ4n) is 1.29. The third-order valence-electron chi connectivity index (χ3n) is 2.32. The third-order valence-corrected chi connectivity index (χ3v) is 4.90. The number of rotatable bonds is 3. The largest absolute Gasteiger partial charge is 0.492 e. The maximum absolute atomic E-state index is 6.07. The predicted octanol–water partition coefficient (Wildman–Crippen LogP) is 3.31. The van der Waals surface area contributed by atoms with Crippen LogP contribution in [-0.4, -0.2) is 19.7 Å². The van der Waals surface area contributed by atoms with Crippen LogP contribution in [0.2, 0.25) is 5.02 Å². The summed E-state index contributed by atoms with van der Waals surface area (Å²) < 4.78 is 7.79. The van der Waals surface area contributed by atoms with Crippen molar-refractivity contribution in [1.29, 1.82) is 0 Å². The van der Waals surface area contributed by atoms with Crippen LogP contribution in [0, 0.1) is 9.49 Å². The number of halogens is 3. The van der Waals surface area contributed by atoms with E-state index in [1.165, 1.54) is 0 Å². The number of ether oxygens (including phenoxy) is 1. The van der Waals surface area contributed by atoms with E-state index in [1.54, 1.807) is 0 Å². The number of benzene rings is 1. The SMILES string of the molecule is Clc1cc(Br)c(I)cc1OCC1CNC1. The molecule has 0 radical (unpaired) electrons. The zero-order chi connectivity index (χ0) is 10.8. The second kappa shape index (κ2) is 5.21. The molecule has 1 heterocycles. The standard InChI is InChI=1S/C10H10BrClINO/c11-7-1-8(12)10(2-9(7)13)15-5-6-3-14-4-6/h1-2,6,14H,3-5H2. The highest BCUT2D eigenvalue weighted by molar-refractivity contribution is 14.1. The van der Waals surface area contributed by atoms with Gasteiger partial charge in [-0.15, -0.1) is 0 Å². The summed E-state index contributed by atoms with van der Waals surface area (Å²) in [4.78, 5) is 0. The quantitative estimate of drug-likeness (QED) is 0.619. The lowest BCUT2D eigenvalue weighted by Gasteiger charge is -2.27. The molecule has 5 heteroatoms. The third kappa shape index (κ3) is 2.99. The Balaban J connectivity index is 2.03. The Bertz CT molecular complexity index is 371. The molecule has 1 aromatic rings. The summed E-state index contributed by atoms with van der Waals surface area (Å²) >= 11 is 11.7. The molecule has 1 aliphatic rings. The molecule has 0 amide bonds. The fraction of sp³-hybridized carbons (Fsp3) is 0.400. The highest BCUT2D eigenvalue weighted by Gasteiger charge is 2.18. The summed E-state index contributed by atoms with van der Waals surface area (Å²) in [6, 6.07) is 3.83. The van der Waals surface area contributed by atoms with Crippen LogP contribution in [0.3, 0.4) is 0 Å². The Morgan fingerprint density at radius 2 is 2.27 bits per heavy atom. The molecule has 1 aromatic carbocycles. The molecule has 0 saturated carbocycles. The Kier molecular flexibility index (Phi) is 4.15. The lowest BCUT2D eigenvalue weighted by molar-refractivity contribution is 0.199. The zero-order valence-corrected chi connectivity index (χ0v) is 12.4. The van der Waals surface area contributed by atoms with Crippen LogP contribution in [-0.2, 0) is 0 Å².